The molecule has 0 aromatic heterocycles. The third-order valence-electron chi connectivity index (χ3n) is 2.76. The molecule has 9 heteroatoms. The predicted octanol–water partition coefficient (Wildman–Crippen LogP) is 2.53. The van der Waals surface area contributed by atoms with Crippen molar-refractivity contribution in [3.63, 3.8) is 0 Å². The van der Waals surface area contributed by atoms with Crippen molar-refractivity contribution in [2.24, 2.45) is 5.10 Å². The second kappa shape index (κ2) is 6.88. The van der Waals surface area contributed by atoms with E-state index in [0.717, 1.165) is 12.3 Å². The van der Waals surface area contributed by atoms with Gasteiger partial charge < -0.3 is 10.2 Å². The number of benzene rings is 2. The summed E-state index contributed by atoms with van der Waals surface area (Å²) in [4.78, 5) is 21.9. The van der Waals surface area contributed by atoms with Crippen LogP contribution in [0.2, 0.25) is 0 Å². The number of hydrazone groups is 1. The third kappa shape index (κ3) is 4.04. The molecule has 1 amide bonds. The molecule has 0 aliphatic carbocycles. The minimum Gasteiger partial charge on any atom is -0.508 e. The van der Waals surface area contributed by atoms with Gasteiger partial charge in [-0.2, -0.15) is 5.10 Å². The lowest BCUT2D eigenvalue weighted by atomic mass is 10.2. The Morgan fingerprint density at radius 1 is 1.30 bits per heavy atom. The lowest BCUT2D eigenvalue weighted by Crippen LogP contribution is -2.17. The highest BCUT2D eigenvalue weighted by Crippen LogP contribution is 2.32. The lowest BCUT2D eigenvalue weighted by molar-refractivity contribution is -0.385. The van der Waals surface area contributed by atoms with E-state index in [1.54, 1.807) is 0 Å². The molecule has 0 bridgehead atoms. The average molecular weight is 380 g/mol. The van der Waals surface area contributed by atoms with Gasteiger partial charge in [0.25, 0.3) is 5.91 Å². The summed E-state index contributed by atoms with van der Waals surface area (Å²) in [5.74, 6) is -1.21. The van der Waals surface area contributed by atoms with E-state index in [-0.39, 0.29) is 16.9 Å². The van der Waals surface area contributed by atoms with Crippen molar-refractivity contribution in [2.75, 3.05) is 0 Å². The van der Waals surface area contributed by atoms with Gasteiger partial charge in [-0.3, -0.25) is 14.9 Å². The van der Waals surface area contributed by atoms with Gasteiger partial charge in [0.2, 0.25) is 5.75 Å². The molecule has 23 heavy (non-hydrogen) atoms. The van der Waals surface area contributed by atoms with Gasteiger partial charge in [0.15, 0.2) is 0 Å². The van der Waals surface area contributed by atoms with Gasteiger partial charge in [0, 0.05) is 21.7 Å². The first-order valence-corrected chi connectivity index (χ1v) is 6.97. The summed E-state index contributed by atoms with van der Waals surface area (Å²) >= 11 is 3.09. The number of nitrogens with one attached hydrogen (secondary N) is 1. The molecular weight excluding hydrogens is 370 g/mol. The van der Waals surface area contributed by atoms with E-state index >= 15 is 0 Å². The average Bonchev–Trinajstić information content (AvgIpc) is 2.49. The summed E-state index contributed by atoms with van der Waals surface area (Å²) in [6.07, 6.45) is 1.08. The minimum atomic E-state index is -0.733. The molecule has 0 unspecified atom stereocenters. The van der Waals surface area contributed by atoms with Gasteiger partial charge >= 0.3 is 5.69 Å². The second-order valence-corrected chi connectivity index (χ2v) is 5.28. The summed E-state index contributed by atoms with van der Waals surface area (Å²) in [5.41, 5.74) is 1.95. The van der Waals surface area contributed by atoms with Crippen molar-refractivity contribution >= 4 is 33.7 Å². The Morgan fingerprint density at radius 3 is 2.70 bits per heavy atom. The minimum absolute atomic E-state index is 0.0577. The zero-order chi connectivity index (χ0) is 17.0. The van der Waals surface area contributed by atoms with Crippen LogP contribution in [0.25, 0.3) is 0 Å². The third-order valence-corrected chi connectivity index (χ3v) is 3.22. The number of nitro benzene ring substituents is 1. The van der Waals surface area contributed by atoms with Crippen LogP contribution in [0.3, 0.4) is 0 Å². The molecule has 0 spiro atoms. The van der Waals surface area contributed by atoms with Crippen molar-refractivity contribution in [1.82, 2.24) is 5.43 Å². The number of carbonyl (C=O) groups is 1. The first-order chi connectivity index (χ1) is 10.9. The second-order valence-electron chi connectivity index (χ2n) is 4.37. The van der Waals surface area contributed by atoms with Crippen molar-refractivity contribution in [2.45, 2.75) is 0 Å². The number of aromatic hydroxyl groups is 2. The van der Waals surface area contributed by atoms with Crippen LogP contribution < -0.4 is 5.43 Å². The van der Waals surface area contributed by atoms with Crippen molar-refractivity contribution in [1.29, 1.82) is 0 Å². The topological polar surface area (TPSA) is 125 Å². The van der Waals surface area contributed by atoms with Gasteiger partial charge in [-0.1, -0.05) is 22.0 Å². The van der Waals surface area contributed by atoms with Crippen LogP contribution in [0.15, 0.2) is 46.0 Å². The Balaban J connectivity index is 2.18. The quantitative estimate of drug-likeness (QED) is 0.427. The van der Waals surface area contributed by atoms with E-state index in [4.69, 9.17) is 0 Å². The van der Waals surface area contributed by atoms with Gasteiger partial charge in [-0.25, -0.2) is 5.43 Å². The Morgan fingerprint density at radius 2 is 2.04 bits per heavy atom. The molecule has 0 aliphatic heterocycles. The number of phenols is 2. The first-order valence-electron chi connectivity index (χ1n) is 6.18. The Bertz CT molecular complexity index is 807. The van der Waals surface area contributed by atoms with E-state index in [0.29, 0.717) is 4.47 Å². The number of halogens is 1. The smallest absolute Gasteiger partial charge is 0.312 e. The Kier molecular flexibility index (Phi) is 4.91. The molecule has 0 saturated carbocycles. The maximum atomic E-state index is 11.8. The molecule has 2 aromatic rings. The SMILES string of the molecule is O=C(N/N=C\c1cc(Br)cc([N+](=O)[O-])c1O)c1cccc(O)c1. The van der Waals surface area contributed by atoms with Crippen LogP contribution in [-0.2, 0) is 0 Å². The fourth-order valence-electron chi connectivity index (χ4n) is 1.72. The monoisotopic (exact) mass is 379 g/mol. The van der Waals surface area contributed by atoms with Gasteiger partial charge in [-0.15, -0.1) is 0 Å². The van der Waals surface area contributed by atoms with Crippen LogP contribution in [0.4, 0.5) is 5.69 Å². The Labute approximate surface area is 138 Å². The van der Waals surface area contributed by atoms with Gasteiger partial charge in [-0.05, 0) is 24.3 Å². The molecule has 0 aliphatic rings. The summed E-state index contributed by atoms with van der Waals surface area (Å²) in [7, 11) is 0. The van der Waals surface area contributed by atoms with Crippen molar-refractivity contribution < 1.29 is 19.9 Å². The van der Waals surface area contributed by atoms with E-state index in [1.165, 1.54) is 30.3 Å². The van der Waals surface area contributed by atoms with E-state index < -0.39 is 22.3 Å². The largest absolute Gasteiger partial charge is 0.508 e. The molecular formula is C14H10BrN3O5. The predicted molar refractivity (Wildman–Crippen MR) is 85.6 cm³/mol. The normalized spacial score (nSPS) is 10.7. The number of phenolic OH excluding ortho intramolecular Hbond substituents is 2. The van der Waals surface area contributed by atoms with E-state index in [9.17, 15) is 25.1 Å². The molecule has 0 saturated heterocycles. The Hall–Kier alpha value is -2.94. The fraction of sp³-hybridized carbons (Fsp3) is 0. The first kappa shape index (κ1) is 16.4. The van der Waals surface area contributed by atoms with Gasteiger partial charge in [0.1, 0.15) is 5.75 Å². The standard InChI is InChI=1S/C14H10BrN3O5/c15-10-4-9(13(20)12(6-10)18(22)23)7-16-17-14(21)8-2-1-3-11(19)5-8/h1-7,19-20H,(H,17,21)/b16-7-. The summed E-state index contributed by atoms with van der Waals surface area (Å²) in [6, 6.07) is 8.21. The maximum absolute atomic E-state index is 11.8. The number of carbonyl (C=O) groups excluding carboxylic acids is 1. The van der Waals surface area contributed by atoms with E-state index in [1.807, 2.05) is 0 Å². The highest BCUT2D eigenvalue weighted by molar-refractivity contribution is 9.10. The maximum Gasteiger partial charge on any atom is 0.312 e. The number of nitro groups is 1. The summed E-state index contributed by atoms with van der Waals surface area (Å²) in [6.45, 7) is 0. The molecule has 0 atom stereocenters. The van der Waals surface area contributed by atoms with Crippen molar-refractivity contribution in [3.8, 4) is 11.5 Å². The molecule has 118 valence electrons. The van der Waals surface area contributed by atoms with Gasteiger partial charge in [0.05, 0.1) is 11.1 Å². The van der Waals surface area contributed by atoms with Crippen molar-refractivity contribution in [3.05, 3.63) is 62.1 Å². The number of amides is 1. The number of nitrogens with zero attached hydrogens (tertiary/aromatic N) is 2. The fourth-order valence-corrected chi connectivity index (χ4v) is 2.18. The zero-order valence-electron chi connectivity index (χ0n) is 11.4. The highest BCUT2D eigenvalue weighted by atomic mass is 79.9. The van der Waals surface area contributed by atoms with Crippen LogP contribution >= 0.6 is 15.9 Å². The van der Waals surface area contributed by atoms with Crippen LogP contribution in [0.1, 0.15) is 15.9 Å². The number of hydrogen-bond donors (Lipinski definition) is 3. The lowest BCUT2D eigenvalue weighted by Gasteiger charge is -2.02. The molecule has 0 heterocycles. The molecule has 0 fully saturated rings. The summed E-state index contributed by atoms with van der Waals surface area (Å²) < 4.78 is 0.378. The molecule has 8 nitrogen and oxygen atoms in total. The van der Waals surface area contributed by atoms with E-state index in [2.05, 4.69) is 26.5 Å². The summed E-state index contributed by atoms with van der Waals surface area (Å²) in [5, 5.41) is 33.5. The van der Waals surface area contributed by atoms with Crippen LogP contribution in [-0.4, -0.2) is 27.3 Å². The molecule has 0 radical (unpaired) electrons. The molecule has 3 N–H and O–H groups in total. The molecule has 2 rings (SSSR count). The highest BCUT2D eigenvalue weighted by Gasteiger charge is 2.17. The van der Waals surface area contributed by atoms with Crippen LogP contribution in [0, 0.1) is 10.1 Å². The van der Waals surface area contributed by atoms with Crippen LogP contribution in [0.5, 0.6) is 11.5 Å². The number of rotatable bonds is 4. The zero-order valence-corrected chi connectivity index (χ0v) is 13.0. The number of hydrogen-bond acceptors (Lipinski definition) is 6. The molecule has 2 aromatic carbocycles.